The van der Waals surface area contributed by atoms with Gasteiger partial charge in [0.15, 0.2) is 0 Å². The third-order valence-electron chi connectivity index (χ3n) is 9.77. The van der Waals surface area contributed by atoms with Gasteiger partial charge in [0.05, 0.1) is 11.0 Å². The summed E-state index contributed by atoms with van der Waals surface area (Å²) in [5, 5.41) is 7.78. The van der Waals surface area contributed by atoms with Gasteiger partial charge >= 0.3 is 0 Å². The van der Waals surface area contributed by atoms with Gasteiger partial charge in [-0.1, -0.05) is 121 Å². The summed E-state index contributed by atoms with van der Waals surface area (Å²) in [5.41, 5.74) is 9.35. The summed E-state index contributed by atoms with van der Waals surface area (Å²) in [7, 11) is 0. The molecule has 0 aliphatic rings. The van der Waals surface area contributed by atoms with Crippen LogP contribution in [0.5, 0.6) is 0 Å². The van der Waals surface area contributed by atoms with Crippen LogP contribution in [0.25, 0.3) is 69.6 Å². The number of anilines is 3. The number of hydrogen-bond acceptors (Lipinski definition) is 2. The van der Waals surface area contributed by atoms with Crippen molar-refractivity contribution in [2.24, 2.45) is 0 Å². The smallest absolute Gasteiger partial charge is 0.0561 e. The lowest BCUT2D eigenvalue weighted by molar-refractivity contribution is 1.18. The predicted molar refractivity (Wildman–Crippen MR) is 211 cm³/mol. The van der Waals surface area contributed by atoms with E-state index in [0.717, 1.165) is 22.7 Å². The highest BCUT2D eigenvalue weighted by molar-refractivity contribution is 7.26. The highest BCUT2D eigenvalue weighted by Crippen LogP contribution is 2.42. The van der Waals surface area contributed by atoms with Gasteiger partial charge in [-0.05, 0) is 82.6 Å². The van der Waals surface area contributed by atoms with Crippen LogP contribution in [0.1, 0.15) is 0 Å². The molecule has 0 N–H and O–H groups in total. The second-order valence-corrected chi connectivity index (χ2v) is 13.6. The molecule has 0 aliphatic carbocycles. The van der Waals surface area contributed by atoms with Crippen molar-refractivity contribution in [2.75, 3.05) is 4.90 Å². The Morgan fingerprint density at radius 2 is 1.00 bits per heavy atom. The summed E-state index contributed by atoms with van der Waals surface area (Å²) in [4.78, 5) is 2.36. The van der Waals surface area contributed by atoms with Gasteiger partial charge in [0.1, 0.15) is 0 Å². The van der Waals surface area contributed by atoms with E-state index in [1.165, 1.54) is 63.9 Å². The molecule has 49 heavy (non-hydrogen) atoms. The molecule has 0 radical (unpaired) electrons. The van der Waals surface area contributed by atoms with Gasteiger partial charge in [-0.3, -0.25) is 0 Å². The van der Waals surface area contributed by atoms with E-state index >= 15 is 0 Å². The molecule has 0 saturated heterocycles. The molecule has 0 aliphatic heterocycles. The van der Waals surface area contributed by atoms with Crippen molar-refractivity contribution < 1.29 is 0 Å². The third kappa shape index (κ3) is 4.55. The molecule has 230 valence electrons. The van der Waals surface area contributed by atoms with Crippen LogP contribution in [-0.4, -0.2) is 4.57 Å². The van der Waals surface area contributed by atoms with E-state index in [2.05, 4.69) is 191 Å². The van der Waals surface area contributed by atoms with Crippen molar-refractivity contribution in [3.05, 3.63) is 182 Å². The Kier molecular flexibility index (Phi) is 6.39. The first-order valence-electron chi connectivity index (χ1n) is 16.7. The minimum absolute atomic E-state index is 1.12. The molecular formula is C46H30N2S. The lowest BCUT2D eigenvalue weighted by Crippen LogP contribution is -2.10. The van der Waals surface area contributed by atoms with Crippen molar-refractivity contribution in [1.29, 1.82) is 0 Å². The number of para-hydroxylation sites is 3. The molecule has 10 aromatic rings. The average Bonchev–Trinajstić information content (AvgIpc) is 3.71. The lowest BCUT2D eigenvalue weighted by atomic mass is 10.0. The Morgan fingerprint density at radius 1 is 0.388 bits per heavy atom. The Hall–Kier alpha value is -6.16. The van der Waals surface area contributed by atoms with Gasteiger partial charge in [-0.25, -0.2) is 0 Å². The second-order valence-electron chi connectivity index (χ2n) is 12.6. The van der Waals surface area contributed by atoms with Crippen molar-refractivity contribution in [3.8, 4) is 16.8 Å². The Balaban J connectivity index is 1.09. The van der Waals surface area contributed by atoms with E-state index in [4.69, 9.17) is 0 Å². The number of benzene rings is 8. The van der Waals surface area contributed by atoms with Crippen LogP contribution in [0, 0.1) is 0 Å². The molecule has 0 amide bonds. The van der Waals surface area contributed by atoms with E-state index < -0.39 is 0 Å². The molecule has 0 unspecified atom stereocenters. The maximum Gasteiger partial charge on any atom is 0.0561 e. The summed E-state index contributed by atoms with van der Waals surface area (Å²) in [6, 6.07) is 66.1. The van der Waals surface area contributed by atoms with Crippen LogP contribution in [0.15, 0.2) is 182 Å². The van der Waals surface area contributed by atoms with Gasteiger partial charge in [0.2, 0.25) is 0 Å². The molecule has 0 atom stereocenters. The second kappa shape index (κ2) is 11.2. The van der Waals surface area contributed by atoms with E-state index in [0.29, 0.717) is 0 Å². The van der Waals surface area contributed by atoms with E-state index in [9.17, 15) is 0 Å². The predicted octanol–water partition coefficient (Wildman–Crippen LogP) is 13.4. The SMILES string of the molecule is c1ccc(N(c2ccc(-c3ccc4c(c3)sc3c5ccccc5ccc43)cc2)c2ccc3c4ccccc4n(-c4ccccc4)c3c2)cc1. The fourth-order valence-electron chi connectivity index (χ4n) is 7.46. The van der Waals surface area contributed by atoms with Gasteiger partial charge in [-0.15, -0.1) is 11.3 Å². The van der Waals surface area contributed by atoms with E-state index in [1.54, 1.807) is 0 Å². The number of aromatic nitrogens is 1. The monoisotopic (exact) mass is 642 g/mol. The highest BCUT2D eigenvalue weighted by Gasteiger charge is 2.18. The molecule has 2 nitrogen and oxygen atoms in total. The molecule has 2 aromatic heterocycles. The maximum atomic E-state index is 2.38. The van der Waals surface area contributed by atoms with Gasteiger partial charge < -0.3 is 9.47 Å². The van der Waals surface area contributed by atoms with E-state index in [1.807, 2.05) is 11.3 Å². The zero-order valence-electron chi connectivity index (χ0n) is 26.6. The molecule has 0 fully saturated rings. The normalized spacial score (nSPS) is 11.7. The van der Waals surface area contributed by atoms with Crippen molar-refractivity contribution in [3.63, 3.8) is 0 Å². The Bertz CT molecular complexity index is 2810. The molecule has 0 spiro atoms. The lowest BCUT2D eigenvalue weighted by Gasteiger charge is -2.26. The number of rotatable bonds is 5. The van der Waals surface area contributed by atoms with Crippen LogP contribution in [0.2, 0.25) is 0 Å². The standard InChI is InChI=1S/C46H30N2S/c1-3-12-34(13-4-1)47(37-25-28-40-39-17-9-10-18-43(39)48(44(40)30-37)35-14-5-2-6-15-35)36-23-19-31(20-24-36)33-22-26-41-42-27-21-32-11-7-8-16-38(32)46(42)49-45(41)29-33/h1-30H. The fourth-order valence-corrected chi connectivity index (χ4v) is 8.74. The van der Waals surface area contributed by atoms with Crippen LogP contribution in [0.4, 0.5) is 17.1 Å². The summed E-state index contributed by atoms with van der Waals surface area (Å²) < 4.78 is 5.07. The zero-order valence-corrected chi connectivity index (χ0v) is 27.4. The first-order chi connectivity index (χ1) is 24.3. The first kappa shape index (κ1) is 27.9. The molecule has 0 bridgehead atoms. The van der Waals surface area contributed by atoms with Crippen LogP contribution >= 0.6 is 11.3 Å². The van der Waals surface area contributed by atoms with Crippen molar-refractivity contribution in [2.45, 2.75) is 0 Å². The Labute approximate surface area is 288 Å². The van der Waals surface area contributed by atoms with Gasteiger partial charge in [0, 0.05) is 53.7 Å². The summed E-state index contributed by atoms with van der Waals surface area (Å²) in [6.45, 7) is 0. The van der Waals surface area contributed by atoms with Crippen LogP contribution in [0.3, 0.4) is 0 Å². The average molecular weight is 643 g/mol. The molecule has 0 saturated carbocycles. The minimum atomic E-state index is 1.12. The summed E-state index contributed by atoms with van der Waals surface area (Å²) in [6.07, 6.45) is 0. The number of fused-ring (bicyclic) bond motifs is 8. The van der Waals surface area contributed by atoms with Gasteiger partial charge in [0.25, 0.3) is 0 Å². The van der Waals surface area contributed by atoms with Crippen molar-refractivity contribution in [1.82, 2.24) is 4.57 Å². The number of nitrogens with zero attached hydrogens (tertiary/aromatic N) is 2. The summed E-state index contributed by atoms with van der Waals surface area (Å²) in [5.74, 6) is 0. The largest absolute Gasteiger partial charge is 0.310 e. The molecule has 10 rings (SSSR count). The number of hydrogen-bond donors (Lipinski definition) is 0. The third-order valence-corrected chi connectivity index (χ3v) is 11.0. The van der Waals surface area contributed by atoms with Crippen LogP contribution < -0.4 is 4.90 Å². The minimum Gasteiger partial charge on any atom is -0.310 e. The molecule has 8 aromatic carbocycles. The summed E-state index contributed by atoms with van der Waals surface area (Å²) >= 11 is 1.89. The number of thiophene rings is 1. The van der Waals surface area contributed by atoms with E-state index in [-0.39, 0.29) is 0 Å². The topological polar surface area (TPSA) is 8.17 Å². The quantitative estimate of drug-likeness (QED) is 0.181. The Morgan fingerprint density at radius 3 is 1.84 bits per heavy atom. The molecular weight excluding hydrogens is 613 g/mol. The maximum absolute atomic E-state index is 2.38. The molecule has 2 heterocycles. The highest BCUT2D eigenvalue weighted by atomic mass is 32.1. The molecule has 3 heteroatoms. The van der Waals surface area contributed by atoms with Crippen molar-refractivity contribution >= 4 is 81.1 Å². The zero-order chi connectivity index (χ0) is 32.3. The first-order valence-corrected chi connectivity index (χ1v) is 17.5. The van der Waals surface area contributed by atoms with Crippen LogP contribution in [-0.2, 0) is 0 Å². The van der Waals surface area contributed by atoms with Gasteiger partial charge in [-0.2, -0.15) is 0 Å². The fraction of sp³-hybridized carbons (Fsp3) is 0.